The van der Waals surface area contributed by atoms with Gasteiger partial charge in [-0.05, 0) is 25.5 Å². The van der Waals surface area contributed by atoms with Gasteiger partial charge in [0.1, 0.15) is 5.56 Å². The fraction of sp³-hybridized carbons (Fsp3) is 0.500. The van der Waals surface area contributed by atoms with Crippen LogP contribution in [0.2, 0.25) is 0 Å². The van der Waals surface area contributed by atoms with E-state index in [0.717, 1.165) is 25.0 Å². The van der Waals surface area contributed by atoms with E-state index in [4.69, 9.17) is 0 Å². The summed E-state index contributed by atoms with van der Waals surface area (Å²) in [5.74, 6) is 0. The van der Waals surface area contributed by atoms with Crippen LogP contribution in [-0.4, -0.2) is 11.0 Å². The molecule has 0 radical (unpaired) electrons. The molecule has 0 amide bonds. The molecule has 0 saturated heterocycles. The van der Waals surface area contributed by atoms with Crippen LogP contribution < -0.4 is 5.32 Å². The first-order valence-electron chi connectivity index (χ1n) is 5.88. The van der Waals surface area contributed by atoms with Crippen LogP contribution in [0.5, 0.6) is 0 Å². The van der Waals surface area contributed by atoms with Gasteiger partial charge in [0, 0.05) is 17.8 Å². The number of halogens is 3. The number of nitro benzene ring substituents is 1. The van der Waals surface area contributed by atoms with Crippen LogP contribution in [0, 0.1) is 10.1 Å². The predicted molar refractivity (Wildman–Crippen MR) is 66.1 cm³/mol. The van der Waals surface area contributed by atoms with Crippen LogP contribution in [0.3, 0.4) is 0 Å². The van der Waals surface area contributed by atoms with Crippen LogP contribution in [0.25, 0.3) is 0 Å². The summed E-state index contributed by atoms with van der Waals surface area (Å²) >= 11 is 0. The molecular weight excluding hydrogens is 261 g/mol. The molecule has 0 aliphatic rings. The summed E-state index contributed by atoms with van der Waals surface area (Å²) in [6, 6.07) is 2.96. The maximum Gasteiger partial charge on any atom is 0.423 e. The van der Waals surface area contributed by atoms with Gasteiger partial charge in [-0.25, -0.2) is 0 Å². The van der Waals surface area contributed by atoms with E-state index >= 15 is 0 Å². The van der Waals surface area contributed by atoms with Crippen molar-refractivity contribution >= 4 is 11.4 Å². The number of hydrogen-bond acceptors (Lipinski definition) is 3. The largest absolute Gasteiger partial charge is 0.423 e. The lowest BCUT2D eigenvalue weighted by molar-refractivity contribution is -0.388. The molecule has 0 aromatic heterocycles. The van der Waals surface area contributed by atoms with Crippen molar-refractivity contribution in [3.63, 3.8) is 0 Å². The second-order valence-electron chi connectivity index (χ2n) is 4.32. The minimum absolute atomic E-state index is 0.00698. The van der Waals surface area contributed by atoms with Gasteiger partial charge in [-0.15, -0.1) is 0 Å². The number of benzene rings is 1. The Bertz CT molecular complexity index is 461. The molecule has 7 heteroatoms. The summed E-state index contributed by atoms with van der Waals surface area (Å²) < 4.78 is 38.2. The Labute approximate surface area is 108 Å². The topological polar surface area (TPSA) is 55.2 Å². The molecule has 0 fully saturated rings. The molecule has 0 aliphatic carbocycles. The highest BCUT2D eigenvalue weighted by molar-refractivity contribution is 5.55. The summed E-state index contributed by atoms with van der Waals surface area (Å²) in [5, 5.41) is 13.5. The molecule has 19 heavy (non-hydrogen) atoms. The monoisotopic (exact) mass is 276 g/mol. The molecule has 0 heterocycles. The normalized spacial score (nSPS) is 13.1. The third-order valence-electron chi connectivity index (χ3n) is 2.63. The lowest BCUT2D eigenvalue weighted by Gasteiger charge is -2.16. The van der Waals surface area contributed by atoms with E-state index in [0.29, 0.717) is 0 Å². The number of nitro groups is 1. The maximum absolute atomic E-state index is 12.7. The molecular formula is C12H15F3N2O2. The molecule has 1 aromatic rings. The molecule has 106 valence electrons. The molecule has 0 spiro atoms. The summed E-state index contributed by atoms with van der Waals surface area (Å²) in [7, 11) is 0. The molecule has 1 aromatic carbocycles. The van der Waals surface area contributed by atoms with E-state index in [9.17, 15) is 23.3 Å². The molecule has 4 nitrogen and oxygen atoms in total. The highest BCUT2D eigenvalue weighted by Crippen LogP contribution is 2.37. The molecule has 1 rings (SSSR count). The van der Waals surface area contributed by atoms with Crippen LogP contribution in [0.15, 0.2) is 18.2 Å². The average molecular weight is 276 g/mol. The Hall–Kier alpha value is -1.79. The van der Waals surface area contributed by atoms with Gasteiger partial charge in [0.25, 0.3) is 5.69 Å². The van der Waals surface area contributed by atoms with Gasteiger partial charge < -0.3 is 5.32 Å². The molecule has 1 atom stereocenters. The van der Waals surface area contributed by atoms with Crippen molar-refractivity contribution < 1.29 is 18.1 Å². The van der Waals surface area contributed by atoms with E-state index in [1.807, 2.05) is 13.8 Å². The standard InChI is InChI=1S/C12H15F3N2O2/c1-3-4-8(2)16-9-5-6-11(17(18)19)10(7-9)12(13,14)15/h5-8,16H,3-4H2,1-2H3. The molecule has 1 unspecified atom stereocenters. The van der Waals surface area contributed by atoms with E-state index in [-0.39, 0.29) is 11.7 Å². The van der Waals surface area contributed by atoms with E-state index < -0.39 is 22.4 Å². The van der Waals surface area contributed by atoms with Gasteiger partial charge in [-0.2, -0.15) is 13.2 Å². The first kappa shape index (κ1) is 15.3. The van der Waals surface area contributed by atoms with Crippen molar-refractivity contribution in [1.29, 1.82) is 0 Å². The zero-order valence-electron chi connectivity index (χ0n) is 10.6. The number of anilines is 1. The van der Waals surface area contributed by atoms with Crippen molar-refractivity contribution in [3.05, 3.63) is 33.9 Å². The van der Waals surface area contributed by atoms with Crippen LogP contribution in [0.4, 0.5) is 24.5 Å². The van der Waals surface area contributed by atoms with Crippen LogP contribution in [-0.2, 0) is 6.18 Å². The van der Waals surface area contributed by atoms with Gasteiger partial charge >= 0.3 is 6.18 Å². The van der Waals surface area contributed by atoms with Gasteiger partial charge in [0.05, 0.1) is 4.92 Å². The van der Waals surface area contributed by atoms with E-state index in [1.165, 1.54) is 6.07 Å². The van der Waals surface area contributed by atoms with Crippen molar-refractivity contribution in [2.24, 2.45) is 0 Å². The SMILES string of the molecule is CCCC(C)Nc1ccc([N+](=O)[O-])c(C(F)(F)F)c1. The Morgan fingerprint density at radius 3 is 2.53 bits per heavy atom. The van der Waals surface area contributed by atoms with Gasteiger partial charge in [0.2, 0.25) is 0 Å². The third kappa shape index (κ3) is 4.11. The molecule has 0 aliphatic heterocycles. The first-order chi connectivity index (χ1) is 8.75. The number of nitrogens with one attached hydrogen (secondary N) is 1. The Kier molecular flexibility index (Phi) is 4.74. The van der Waals surface area contributed by atoms with E-state index in [1.54, 1.807) is 0 Å². The third-order valence-corrected chi connectivity index (χ3v) is 2.63. The summed E-state index contributed by atoms with van der Waals surface area (Å²) in [6.45, 7) is 3.81. The molecule has 0 saturated carbocycles. The number of rotatable bonds is 5. The lowest BCUT2D eigenvalue weighted by Crippen LogP contribution is -2.16. The lowest BCUT2D eigenvalue weighted by atomic mass is 10.1. The highest BCUT2D eigenvalue weighted by Gasteiger charge is 2.38. The van der Waals surface area contributed by atoms with E-state index in [2.05, 4.69) is 5.32 Å². The molecule has 0 bridgehead atoms. The fourth-order valence-corrected chi connectivity index (χ4v) is 1.80. The second kappa shape index (κ2) is 5.90. The average Bonchev–Trinajstić information content (AvgIpc) is 2.27. The van der Waals surface area contributed by atoms with Crippen LogP contribution >= 0.6 is 0 Å². The zero-order chi connectivity index (χ0) is 14.6. The fourth-order valence-electron chi connectivity index (χ4n) is 1.80. The Balaban J connectivity index is 3.09. The minimum Gasteiger partial charge on any atom is -0.383 e. The van der Waals surface area contributed by atoms with Gasteiger partial charge in [0.15, 0.2) is 0 Å². The zero-order valence-corrected chi connectivity index (χ0v) is 10.6. The predicted octanol–water partition coefficient (Wildman–Crippen LogP) is 4.21. The highest BCUT2D eigenvalue weighted by atomic mass is 19.4. The number of alkyl halides is 3. The summed E-state index contributed by atoms with van der Waals surface area (Å²) in [6.07, 6.45) is -3.04. The Morgan fingerprint density at radius 2 is 2.05 bits per heavy atom. The summed E-state index contributed by atoms with van der Waals surface area (Å²) in [5.41, 5.74) is -1.92. The maximum atomic E-state index is 12.7. The first-order valence-corrected chi connectivity index (χ1v) is 5.88. The van der Waals surface area contributed by atoms with Crippen molar-refractivity contribution in [2.75, 3.05) is 5.32 Å². The number of nitrogens with zero attached hydrogens (tertiary/aromatic N) is 1. The Morgan fingerprint density at radius 1 is 1.42 bits per heavy atom. The second-order valence-corrected chi connectivity index (χ2v) is 4.32. The smallest absolute Gasteiger partial charge is 0.383 e. The number of hydrogen-bond donors (Lipinski definition) is 1. The van der Waals surface area contributed by atoms with Gasteiger partial charge in [-0.3, -0.25) is 10.1 Å². The molecule has 1 N–H and O–H groups in total. The quantitative estimate of drug-likeness (QED) is 0.647. The van der Waals surface area contributed by atoms with Crippen LogP contribution in [0.1, 0.15) is 32.3 Å². The van der Waals surface area contributed by atoms with Crippen molar-refractivity contribution in [3.8, 4) is 0 Å². The van der Waals surface area contributed by atoms with Gasteiger partial charge in [-0.1, -0.05) is 13.3 Å². The van der Waals surface area contributed by atoms with Crippen molar-refractivity contribution in [1.82, 2.24) is 0 Å². The minimum atomic E-state index is -4.74. The summed E-state index contributed by atoms with van der Waals surface area (Å²) in [4.78, 5) is 9.56. The van der Waals surface area contributed by atoms with Crippen molar-refractivity contribution in [2.45, 2.75) is 38.9 Å².